The quantitative estimate of drug-likeness (QED) is 0.423. The third-order valence-corrected chi connectivity index (χ3v) is 3.87. The first-order chi connectivity index (χ1) is 9.60. The summed E-state index contributed by atoms with van der Waals surface area (Å²) in [5.74, 6) is -0.896. The highest BCUT2D eigenvalue weighted by Crippen LogP contribution is 2.11. The van der Waals surface area contributed by atoms with Crippen molar-refractivity contribution < 1.29 is 32.7 Å². The first kappa shape index (κ1) is 16.5. The minimum Gasteiger partial charge on any atom is -0.465 e. The predicted octanol–water partition coefficient (Wildman–Crippen LogP) is -2.31. The Bertz CT molecular complexity index is 588. The second-order valence-electron chi connectivity index (χ2n) is 3.89. The van der Waals surface area contributed by atoms with E-state index in [9.17, 15) is 27.6 Å². The molecule has 0 aromatic rings. The number of rotatable bonds is 3. The van der Waals surface area contributed by atoms with Gasteiger partial charge in [0, 0.05) is 14.1 Å². The fraction of sp³-hybridized carbons (Fsp3) is 0.500. The SMILES string of the molecule is CNC(=O)N(C)S(=O)(=O)NC(=O)N1CC(NC(=O)O)C1=O. The largest absolute Gasteiger partial charge is 0.465 e. The average molecular weight is 323 g/mol. The van der Waals surface area contributed by atoms with Crippen molar-refractivity contribution in [1.29, 1.82) is 0 Å². The Kier molecular flexibility index (Phi) is 4.57. The molecule has 1 aliphatic rings. The van der Waals surface area contributed by atoms with E-state index in [-0.39, 0.29) is 10.8 Å². The van der Waals surface area contributed by atoms with Crippen molar-refractivity contribution >= 4 is 34.3 Å². The molecule has 13 heteroatoms. The molecule has 1 heterocycles. The Morgan fingerprint density at radius 1 is 1.38 bits per heavy atom. The van der Waals surface area contributed by atoms with Crippen molar-refractivity contribution in [2.45, 2.75) is 6.04 Å². The van der Waals surface area contributed by atoms with Gasteiger partial charge in [0.25, 0.3) is 5.91 Å². The van der Waals surface area contributed by atoms with Gasteiger partial charge in [-0.3, -0.25) is 9.69 Å². The number of nitrogens with one attached hydrogen (secondary N) is 3. The van der Waals surface area contributed by atoms with Crippen LogP contribution in [-0.2, 0) is 15.0 Å². The van der Waals surface area contributed by atoms with Crippen LogP contribution in [0.2, 0.25) is 0 Å². The van der Waals surface area contributed by atoms with Gasteiger partial charge in [-0.05, 0) is 0 Å². The van der Waals surface area contributed by atoms with Gasteiger partial charge < -0.3 is 15.7 Å². The summed E-state index contributed by atoms with van der Waals surface area (Å²) >= 11 is 0. The van der Waals surface area contributed by atoms with E-state index >= 15 is 0 Å². The normalized spacial score (nSPS) is 17.5. The Morgan fingerprint density at radius 3 is 2.38 bits per heavy atom. The van der Waals surface area contributed by atoms with Crippen LogP contribution in [0.3, 0.4) is 0 Å². The number of imide groups is 1. The van der Waals surface area contributed by atoms with E-state index in [2.05, 4.69) is 0 Å². The number of β-lactam (4-membered cyclic amide) rings is 1. The van der Waals surface area contributed by atoms with Gasteiger partial charge in [0.1, 0.15) is 6.04 Å². The molecule has 1 unspecified atom stereocenters. The zero-order chi connectivity index (χ0) is 16.4. The van der Waals surface area contributed by atoms with E-state index in [0.29, 0.717) is 4.90 Å². The third-order valence-electron chi connectivity index (χ3n) is 2.55. The Morgan fingerprint density at radius 2 is 1.95 bits per heavy atom. The Hall–Kier alpha value is -2.57. The van der Waals surface area contributed by atoms with Crippen LogP contribution in [0.15, 0.2) is 0 Å². The molecule has 1 saturated heterocycles. The van der Waals surface area contributed by atoms with Crippen molar-refractivity contribution in [3.05, 3.63) is 0 Å². The zero-order valence-corrected chi connectivity index (χ0v) is 11.8. The van der Waals surface area contributed by atoms with Crippen LogP contribution in [0.1, 0.15) is 0 Å². The number of amides is 6. The smallest absolute Gasteiger partial charge is 0.405 e. The van der Waals surface area contributed by atoms with Crippen molar-refractivity contribution in [3.8, 4) is 0 Å². The fourth-order valence-electron chi connectivity index (χ4n) is 1.37. The lowest BCUT2D eigenvalue weighted by atomic mass is 10.1. The second kappa shape index (κ2) is 5.82. The number of likely N-dealkylation sites (tertiary alicyclic amines) is 1. The maximum Gasteiger partial charge on any atom is 0.405 e. The third kappa shape index (κ3) is 3.50. The number of carbonyl (C=O) groups excluding carboxylic acids is 3. The van der Waals surface area contributed by atoms with E-state index < -0.39 is 40.3 Å². The molecule has 21 heavy (non-hydrogen) atoms. The summed E-state index contributed by atoms with van der Waals surface area (Å²) in [5.41, 5.74) is 0. The number of carboxylic acid groups (broad SMARTS) is 1. The number of carbonyl (C=O) groups is 4. The van der Waals surface area contributed by atoms with Gasteiger partial charge in [-0.1, -0.05) is 0 Å². The van der Waals surface area contributed by atoms with E-state index in [4.69, 9.17) is 5.11 Å². The molecule has 0 aromatic heterocycles. The van der Waals surface area contributed by atoms with Crippen LogP contribution in [0.5, 0.6) is 0 Å². The van der Waals surface area contributed by atoms with Crippen LogP contribution in [0.4, 0.5) is 14.4 Å². The number of hydrogen-bond donors (Lipinski definition) is 4. The van der Waals surface area contributed by atoms with Gasteiger partial charge in [0.05, 0.1) is 6.54 Å². The summed E-state index contributed by atoms with van der Waals surface area (Å²) in [6.45, 7) is -0.309. The van der Waals surface area contributed by atoms with E-state index in [1.807, 2.05) is 10.6 Å². The highest BCUT2D eigenvalue weighted by molar-refractivity contribution is 7.88. The maximum absolute atomic E-state index is 11.6. The highest BCUT2D eigenvalue weighted by atomic mass is 32.2. The summed E-state index contributed by atoms with van der Waals surface area (Å²) in [7, 11) is -2.37. The van der Waals surface area contributed by atoms with Crippen molar-refractivity contribution in [1.82, 2.24) is 24.6 Å². The molecule has 0 aliphatic carbocycles. The first-order valence-electron chi connectivity index (χ1n) is 5.43. The van der Waals surface area contributed by atoms with Gasteiger partial charge in [-0.2, -0.15) is 8.42 Å². The van der Waals surface area contributed by atoms with Gasteiger partial charge in [0.2, 0.25) is 0 Å². The molecule has 12 nitrogen and oxygen atoms in total. The summed E-state index contributed by atoms with van der Waals surface area (Å²) in [5, 5.41) is 12.3. The molecule has 1 fully saturated rings. The molecular weight excluding hydrogens is 310 g/mol. The minimum absolute atomic E-state index is 0.238. The molecule has 4 N–H and O–H groups in total. The molecule has 0 radical (unpaired) electrons. The van der Waals surface area contributed by atoms with Gasteiger partial charge in [-0.15, -0.1) is 0 Å². The van der Waals surface area contributed by atoms with Crippen LogP contribution in [0, 0.1) is 0 Å². The monoisotopic (exact) mass is 323 g/mol. The Labute approximate surface area is 119 Å². The topological polar surface area (TPSA) is 165 Å². The van der Waals surface area contributed by atoms with Crippen molar-refractivity contribution in [2.75, 3.05) is 20.6 Å². The molecule has 0 spiro atoms. The van der Waals surface area contributed by atoms with Gasteiger partial charge in [-0.25, -0.2) is 23.4 Å². The number of urea groups is 2. The van der Waals surface area contributed by atoms with Gasteiger partial charge >= 0.3 is 28.4 Å². The summed E-state index contributed by atoms with van der Waals surface area (Å²) in [6.07, 6.45) is -1.44. The molecule has 118 valence electrons. The fourth-order valence-corrected chi connectivity index (χ4v) is 2.14. The molecule has 1 aliphatic heterocycles. The second-order valence-corrected chi connectivity index (χ2v) is 5.59. The molecular formula is C8H13N5O7S. The average Bonchev–Trinajstić information content (AvgIpc) is 2.39. The van der Waals surface area contributed by atoms with Crippen molar-refractivity contribution in [2.24, 2.45) is 0 Å². The molecule has 1 rings (SSSR count). The molecule has 1 atom stereocenters. The molecule has 0 aromatic carbocycles. The summed E-state index contributed by atoms with van der Waals surface area (Å²) in [6, 6.07) is -3.37. The van der Waals surface area contributed by atoms with E-state index in [0.717, 1.165) is 7.05 Å². The standard InChI is InChI=1S/C8H13N5O7S/c1-9-6(15)12(2)21(19,20)11-7(16)13-3-4(5(13)14)10-8(17)18/h4,10H,3H2,1-2H3,(H,9,15)(H,11,16)(H,17,18). The minimum atomic E-state index is -4.46. The van der Waals surface area contributed by atoms with Crippen LogP contribution in [0.25, 0.3) is 0 Å². The highest BCUT2D eigenvalue weighted by Gasteiger charge is 2.43. The molecule has 0 bridgehead atoms. The predicted molar refractivity (Wildman–Crippen MR) is 66.3 cm³/mol. The number of nitrogens with zero attached hydrogens (tertiary/aromatic N) is 2. The Balaban J connectivity index is 2.65. The van der Waals surface area contributed by atoms with Crippen LogP contribution >= 0.6 is 0 Å². The first-order valence-corrected chi connectivity index (χ1v) is 6.87. The zero-order valence-electron chi connectivity index (χ0n) is 11.0. The molecule has 6 amide bonds. The lowest BCUT2D eigenvalue weighted by Crippen LogP contribution is -2.67. The van der Waals surface area contributed by atoms with Crippen LogP contribution in [-0.4, -0.2) is 73.5 Å². The number of hydrogen-bond acceptors (Lipinski definition) is 6. The summed E-state index contributed by atoms with van der Waals surface area (Å²) < 4.78 is 25.0. The van der Waals surface area contributed by atoms with Gasteiger partial charge in [0.15, 0.2) is 0 Å². The maximum atomic E-state index is 11.6. The lowest BCUT2D eigenvalue weighted by Gasteiger charge is -2.36. The van der Waals surface area contributed by atoms with Crippen molar-refractivity contribution in [3.63, 3.8) is 0 Å². The lowest BCUT2D eigenvalue weighted by molar-refractivity contribution is -0.138. The van der Waals surface area contributed by atoms with E-state index in [1.54, 1.807) is 0 Å². The summed E-state index contributed by atoms with van der Waals surface area (Å²) in [4.78, 5) is 45.0. The molecule has 0 saturated carbocycles. The van der Waals surface area contributed by atoms with E-state index in [1.165, 1.54) is 11.8 Å². The van der Waals surface area contributed by atoms with Crippen LogP contribution < -0.4 is 15.4 Å².